The van der Waals surface area contributed by atoms with Crippen LogP contribution in [0.2, 0.25) is 0 Å². The minimum Gasteiger partial charge on any atom is -0.367 e. The molecule has 0 aliphatic carbocycles. The van der Waals surface area contributed by atoms with E-state index in [9.17, 15) is 0 Å². The van der Waals surface area contributed by atoms with Crippen molar-refractivity contribution in [1.29, 1.82) is 0 Å². The number of nitrogens with two attached hydrogens (primary N) is 1. The zero-order valence-electron chi connectivity index (χ0n) is 12.2. The molecule has 106 valence electrons. The summed E-state index contributed by atoms with van der Waals surface area (Å²) in [6.07, 6.45) is 1.32. The predicted octanol–water partition coefficient (Wildman–Crippen LogP) is 1.96. The molecule has 0 aromatic rings. The van der Waals surface area contributed by atoms with Crippen LogP contribution in [-0.2, 0) is 4.74 Å². The molecule has 2 unspecified atom stereocenters. The fourth-order valence-corrected chi connectivity index (χ4v) is 4.90. The Hall–Kier alpha value is 0.230. The molecule has 0 spiro atoms. The first kappa shape index (κ1) is 14.6. The molecule has 2 heterocycles. The van der Waals surface area contributed by atoms with E-state index in [0.717, 1.165) is 25.6 Å². The molecule has 2 aliphatic rings. The summed E-state index contributed by atoms with van der Waals surface area (Å²) in [4.78, 5) is 2.58. The first-order chi connectivity index (χ1) is 8.33. The maximum atomic E-state index is 6.16. The van der Waals surface area contributed by atoms with E-state index in [-0.39, 0.29) is 11.2 Å². The molecule has 0 saturated carbocycles. The molecule has 2 atom stereocenters. The van der Waals surface area contributed by atoms with Gasteiger partial charge in [-0.15, -0.1) is 0 Å². The van der Waals surface area contributed by atoms with Crippen molar-refractivity contribution in [3.63, 3.8) is 0 Å². The third-order valence-corrected chi connectivity index (χ3v) is 5.13. The van der Waals surface area contributed by atoms with Gasteiger partial charge in [-0.25, -0.2) is 0 Å². The van der Waals surface area contributed by atoms with Crippen molar-refractivity contribution in [2.45, 2.75) is 51.4 Å². The van der Waals surface area contributed by atoms with Crippen LogP contribution in [0.5, 0.6) is 0 Å². The summed E-state index contributed by atoms with van der Waals surface area (Å²) < 4.78 is 6.16. The predicted molar refractivity (Wildman–Crippen MR) is 79.1 cm³/mol. The maximum absolute atomic E-state index is 6.16. The van der Waals surface area contributed by atoms with Gasteiger partial charge in [0.15, 0.2) is 0 Å². The van der Waals surface area contributed by atoms with Crippen molar-refractivity contribution in [2.75, 3.05) is 31.1 Å². The molecule has 2 fully saturated rings. The fourth-order valence-electron chi connectivity index (χ4n) is 3.58. The van der Waals surface area contributed by atoms with E-state index in [2.05, 4.69) is 44.4 Å². The average Bonchev–Trinajstić information content (AvgIpc) is 2.67. The van der Waals surface area contributed by atoms with E-state index in [4.69, 9.17) is 10.5 Å². The van der Waals surface area contributed by atoms with Crippen molar-refractivity contribution in [1.82, 2.24) is 4.90 Å². The number of rotatable bonds is 3. The van der Waals surface area contributed by atoms with E-state index in [1.165, 1.54) is 17.9 Å². The first-order valence-corrected chi connectivity index (χ1v) is 8.20. The summed E-state index contributed by atoms with van der Waals surface area (Å²) in [7, 11) is 0. The number of thioether (sulfide) groups is 1. The highest BCUT2D eigenvalue weighted by molar-refractivity contribution is 7.99. The highest BCUT2D eigenvalue weighted by Crippen LogP contribution is 2.34. The van der Waals surface area contributed by atoms with Crippen LogP contribution in [-0.4, -0.2) is 53.3 Å². The summed E-state index contributed by atoms with van der Waals surface area (Å²) >= 11 is 2.08. The van der Waals surface area contributed by atoms with E-state index < -0.39 is 0 Å². The van der Waals surface area contributed by atoms with Gasteiger partial charge in [0.25, 0.3) is 0 Å². The lowest BCUT2D eigenvalue weighted by Crippen LogP contribution is -2.62. The Kier molecular flexibility index (Phi) is 4.32. The lowest BCUT2D eigenvalue weighted by Gasteiger charge is -2.50. The highest BCUT2D eigenvalue weighted by Gasteiger charge is 2.42. The summed E-state index contributed by atoms with van der Waals surface area (Å²) in [5, 5.41) is 0. The van der Waals surface area contributed by atoms with Crippen molar-refractivity contribution in [3.05, 3.63) is 0 Å². The molecule has 2 aliphatic heterocycles. The topological polar surface area (TPSA) is 38.5 Å². The second-order valence-electron chi connectivity index (χ2n) is 6.95. The van der Waals surface area contributed by atoms with Crippen LogP contribution in [0.1, 0.15) is 34.1 Å². The van der Waals surface area contributed by atoms with Gasteiger partial charge < -0.3 is 10.5 Å². The summed E-state index contributed by atoms with van der Waals surface area (Å²) in [5.74, 6) is 3.35. The zero-order chi connectivity index (χ0) is 13.4. The monoisotopic (exact) mass is 272 g/mol. The Morgan fingerprint density at radius 3 is 2.33 bits per heavy atom. The van der Waals surface area contributed by atoms with Crippen molar-refractivity contribution >= 4 is 11.8 Å². The molecule has 3 nitrogen and oxygen atoms in total. The van der Waals surface area contributed by atoms with E-state index in [0.29, 0.717) is 6.04 Å². The van der Waals surface area contributed by atoms with Gasteiger partial charge in [-0.05, 0) is 51.5 Å². The standard InChI is InChI=1S/C14H28N2OS/c1-13(2)9-16(10-14(3,4)17-13)12(7-15)11-5-6-18-8-11/h11-12H,5-10,15H2,1-4H3. The molecular formula is C14H28N2OS. The average molecular weight is 272 g/mol. The van der Waals surface area contributed by atoms with Crippen molar-refractivity contribution < 1.29 is 4.74 Å². The van der Waals surface area contributed by atoms with Crippen LogP contribution < -0.4 is 5.73 Å². The molecule has 4 heteroatoms. The smallest absolute Gasteiger partial charge is 0.0760 e. The van der Waals surface area contributed by atoms with Crippen LogP contribution in [0, 0.1) is 5.92 Å². The molecular weight excluding hydrogens is 244 g/mol. The zero-order valence-corrected chi connectivity index (χ0v) is 13.1. The molecule has 2 saturated heterocycles. The van der Waals surface area contributed by atoms with Gasteiger partial charge in [0, 0.05) is 25.7 Å². The van der Waals surface area contributed by atoms with Gasteiger partial charge in [0.05, 0.1) is 11.2 Å². The minimum absolute atomic E-state index is 0.0685. The van der Waals surface area contributed by atoms with E-state index in [1.54, 1.807) is 0 Å². The van der Waals surface area contributed by atoms with Gasteiger partial charge >= 0.3 is 0 Å². The van der Waals surface area contributed by atoms with Crippen LogP contribution in [0.25, 0.3) is 0 Å². The van der Waals surface area contributed by atoms with Gasteiger partial charge in [0.2, 0.25) is 0 Å². The Balaban J connectivity index is 2.09. The SMILES string of the molecule is CC1(C)CN(C(CN)C2CCSC2)CC(C)(C)O1. The Bertz CT molecular complexity index is 272. The van der Waals surface area contributed by atoms with Crippen LogP contribution in [0.15, 0.2) is 0 Å². The van der Waals surface area contributed by atoms with E-state index in [1.807, 2.05) is 0 Å². The Morgan fingerprint density at radius 1 is 1.28 bits per heavy atom. The number of morpholine rings is 1. The van der Waals surface area contributed by atoms with Gasteiger partial charge in [-0.3, -0.25) is 4.90 Å². The number of hydrogen-bond donors (Lipinski definition) is 1. The molecule has 2 rings (SSSR count). The molecule has 18 heavy (non-hydrogen) atoms. The van der Waals surface area contributed by atoms with Gasteiger partial charge in [0.1, 0.15) is 0 Å². The summed E-state index contributed by atoms with van der Waals surface area (Å²) in [6.45, 7) is 11.5. The first-order valence-electron chi connectivity index (χ1n) is 7.05. The van der Waals surface area contributed by atoms with Crippen LogP contribution in [0.4, 0.5) is 0 Å². The van der Waals surface area contributed by atoms with Crippen LogP contribution >= 0.6 is 11.8 Å². The quantitative estimate of drug-likeness (QED) is 0.852. The molecule has 2 N–H and O–H groups in total. The molecule has 0 aromatic carbocycles. The Morgan fingerprint density at radius 2 is 1.89 bits per heavy atom. The molecule has 0 bridgehead atoms. The Labute approximate surface area is 116 Å². The second-order valence-corrected chi connectivity index (χ2v) is 8.10. The lowest BCUT2D eigenvalue weighted by molar-refractivity contribution is -0.189. The number of hydrogen-bond acceptors (Lipinski definition) is 4. The third-order valence-electron chi connectivity index (χ3n) is 3.94. The third kappa shape index (κ3) is 3.41. The van der Waals surface area contributed by atoms with Crippen LogP contribution in [0.3, 0.4) is 0 Å². The van der Waals surface area contributed by atoms with Crippen molar-refractivity contribution in [3.8, 4) is 0 Å². The van der Waals surface area contributed by atoms with Crippen molar-refractivity contribution in [2.24, 2.45) is 11.7 Å². The number of nitrogens with zero attached hydrogens (tertiary/aromatic N) is 1. The molecule has 0 radical (unpaired) electrons. The van der Waals surface area contributed by atoms with E-state index >= 15 is 0 Å². The fraction of sp³-hybridized carbons (Fsp3) is 1.00. The maximum Gasteiger partial charge on any atom is 0.0760 e. The van der Waals surface area contributed by atoms with Gasteiger partial charge in [-0.1, -0.05) is 0 Å². The second kappa shape index (κ2) is 5.31. The number of ether oxygens (including phenoxy) is 1. The molecule has 0 aromatic heterocycles. The minimum atomic E-state index is -0.0685. The normalized spacial score (nSPS) is 33.5. The largest absolute Gasteiger partial charge is 0.367 e. The molecule has 0 amide bonds. The summed E-state index contributed by atoms with van der Waals surface area (Å²) in [6, 6.07) is 0.530. The lowest BCUT2D eigenvalue weighted by atomic mass is 9.92. The summed E-state index contributed by atoms with van der Waals surface area (Å²) in [5.41, 5.74) is 5.93. The highest BCUT2D eigenvalue weighted by atomic mass is 32.2. The van der Waals surface area contributed by atoms with Gasteiger partial charge in [-0.2, -0.15) is 11.8 Å².